The molecule has 0 radical (unpaired) electrons. The molecule has 0 saturated carbocycles. The van der Waals surface area contributed by atoms with Gasteiger partial charge in [0, 0.05) is 22.3 Å². The zero-order chi connectivity index (χ0) is 19.2. The van der Waals surface area contributed by atoms with E-state index in [4.69, 9.17) is 0 Å². The van der Waals surface area contributed by atoms with Crippen LogP contribution in [0.25, 0.3) is 0 Å². The molecule has 3 aromatic rings. The van der Waals surface area contributed by atoms with Gasteiger partial charge < -0.3 is 0 Å². The van der Waals surface area contributed by atoms with E-state index in [9.17, 15) is 9.59 Å². The minimum atomic E-state index is -0.288. The van der Waals surface area contributed by atoms with Crippen LogP contribution in [0.4, 0.5) is 11.1 Å². The first-order valence-corrected chi connectivity index (χ1v) is 9.05. The fourth-order valence-electron chi connectivity index (χ4n) is 2.32. The lowest BCUT2D eigenvalue weighted by Crippen LogP contribution is -2.31. The standard InChI is InChI=1S/C18H18N6O2S/c1-11-8-12(2)20-17(19-11)24-23-15(25)9-14-10-27-18(21-14)22-16(26)13-6-4-3-5-7-13/h3-8,10H,9H2,1-2H3,(H,23,25)(H,19,20,24)(H,21,22,26). The lowest BCUT2D eigenvalue weighted by Gasteiger charge is -2.07. The Hall–Kier alpha value is -3.33. The second-order valence-corrected chi connectivity index (χ2v) is 6.65. The molecule has 3 N–H and O–H groups in total. The number of carbonyl (C=O) groups excluding carboxylic acids is 2. The van der Waals surface area contributed by atoms with Crippen LogP contribution in [0.5, 0.6) is 0 Å². The quantitative estimate of drug-likeness (QED) is 0.565. The molecule has 0 aliphatic rings. The van der Waals surface area contributed by atoms with E-state index in [0.717, 1.165) is 11.4 Å². The van der Waals surface area contributed by atoms with Gasteiger partial charge in [0.15, 0.2) is 5.13 Å². The Morgan fingerprint density at radius 3 is 2.44 bits per heavy atom. The Bertz CT molecular complexity index is 937. The van der Waals surface area contributed by atoms with Gasteiger partial charge in [-0.15, -0.1) is 11.3 Å². The van der Waals surface area contributed by atoms with Crippen molar-refractivity contribution in [2.75, 3.05) is 10.7 Å². The summed E-state index contributed by atoms with van der Waals surface area (Å²) < 4.78 is 0. The fourth-order valence-corrected chi connectivity index (χ4v) is 3.03. The van der Waals surface area contributed by atoms with Crippen molar-refractivity contribution >= 4 is 34.2 Å². The van der Waals surface area contributed by atoms with E-state index >= 15 is 0 Å². The molecule has 0 bridgehead atoms. The number of nitrogens with zero attached hydrogens (tertiary/aromatic N) is 3. The third kappa shape index (κ3) is 5.32. The van der Waals surface area contributed by atoms with Gasteiger partial charge in [0.2, 0.25) is 11.9 Å². The summed E-state index contributed by atoms with van der Waals surface area (Å²) in [6.07, 6.45) is 0.0650. The normalized spacial score (nSPS) is 10.3. The lowest BCUT2D eigenvalue weighted by molar-refractivity contribution is -0.120. The van der Waals surface area contributed by atoms with Crippen molar-refractivity contribution in [2.45, 2.75) is 20.3 Å². The molecule has 0 atom stereocenters. The first kappa shape index (κ1) is 18.5. The number of hydrazine groups is 1. The van der Waals surface area contributed by atoms with Crippen LogP contribution < -0.4 is 16.2 Å². The predicted molar refractivity (Wildman–Crippen MR) is 103 cm³/mol. The van der Waals surface area contributed by atoms with E-state index in [2.05, 4.69) is 31.1 Å². The molecule has 1 aromatic carbocycles. The van der Waals surface area contributed by atoms with Crippen molar-refractivity contribution in [1.82, 2.24) is 20.4 Å². The minimum absolute atomic E-state index is 0.0650. The maximum absolute atomic E-state index is 12.1. The molecular formula is C18H18N6O2S. The second-order valence-electron chi connectivity index (χ2n) is 5.79. The highest BCUT2D eigenvalue weighted by Crippen LogP contribution is 2.17. The zero-order valence-corrected chi connectivity index (χ0v) is 15.6. The predicted octanol–water partition coefficient (Wildman–Crippen LogP) is 2.49. The number of carbonyl (C=O) groups is 2. The first-order chi connectivity index (χ1) is 13.0. The molecular weight excluding hydrogens is 364 g/mol. The van der Waals surface area contributed by atoms with Gasteiger partial charge in [-0.25, -0.2) is 15.0 Å². The number of aryl methyl sites for hydroxylation is 2. The monoisotopic (exact) mass is 382 g/mol. The zero-order valence-electron chi connectivity index (χ0n) is 14.8. The SMILES string of the molecule is Cc1cc(C)nc(NNC(=O)Cc2csc(NC(=O)c3ccccc3)n2)n1. The maximum Gasteiger partial charge on any atom is 0.257 e. The van der Waals surface area contributed by atoms with E-state index in [1.54, 1.807) is 29.6 Å². The number of hydrogen-bond donors (Lipinski definition) is 3. The molecule has 2 heterocycles. The van der Waals surface area contributed by atoms with E-state index in [1.807, 2.05) is 26.0 Å². The molecule has 27 heavy (non-hydrogen) atoms. The number of thiazole rings is 1. The highest BCUT2D eigenvalue weighted by molar-refractivity contribution is 7.14. The van der Waals surface area contributed by atoms with Gasteiger partial charge in [-0.1, -0.05) is 18.2 Å². The van der Waals surface area contributed by atoms with Crippen molar-refractivity contribution in [3.05, 3.63) is 64.4 Å². The summed E-state index contributed by atoms with van der Waals surface area (Å²) in [7, 11) is 0. The van der Waals surface area contributed by atoms with Crippen LogP contribution >= 0.6 is 11.3 Å². The largest absolute Gasteiger partial charge is 0.298 e. The fraction of sp³-hybridized carbons (Fsp3) is 0.167. The highest BCUT2D eigenvalue weighted by Gasteiger charge is 2.11. The second kappa shape index (κ2) is 8.37. The van der Waals surface area contributed by atoms with Crippen molar-refractivity contribution < 1.29 is 9.59 Å². The number of amides is 2. The van der Waals surface area contributed by atoms with Crippen molar-refractivity contribution in [1.29, 1.82) is 0 Å². The molecule has 2 amide bonds. The molecule has 3 rings (SSSR count). The average molecular weight is 382 g/mol. The van der Waals surface area contributed by atoms with Crippen LogP contribution in [0.15, 0.2) is 41.8 Å². The number of aromatic nitrogens is 3. The van der Waals surface area contributed by atoms with E-state index in [-0.39, 0.29) is 18.2 Å². The molecule has 0 aliphatic carbocycles. The first-order valence-electron chi connectivity index (χ1n) is 8.17. The van der Waals surface area contributed by atoms with Crippen molar-refractivity contribution in [3.63, 3.8) is 0 Å². The van der Waals surface area contributed by atoms with Crippen LogP contribution in [-0.4, -0.2) is 26.8 Å². The molecule has 0 unspecified atom stereocenters. The summed E-state index contributed by atoms with van der Waals surface area (Å²) in [5.41, 5.74) is 7.94. The molecule has 2 aromatic heterocycles. The van der Waals surface area contributed by atoms with Crippen LogP contribution in [0.3, 0.4) is 0 Å². The summed E-state index contributed by atoms with van der Waals surface area (Å²) in [6, 6.07) is 10.7. The Morgan fingerprint density at radius 1 is 1.04 bits per heavy atom. The third-order valence-electron chi connectivity index (χ3n) is 3.45. The van der Waals surface area contributed by atoms with Crippen molar-refractivity contribution in [3.8, 4) is 0 Å². The highest BCUT2D eigenvalue weighted by atomic mass is 32.1. The van der Waals surface area contributed by atoms with Gasteiger partial charge in [-0.2, -0.15) is 0 Å². The smallest absolute Gasteiger partial charge is 0.257 e. The van der Waals surface area contributed by atoms with Gasteiger partial charge in [-0.05, 0) is 32.0 Å². The molecule has 0 fully saturated rings. The average Bonchev–Trinajstić information content (AvgIpc) is 3.06. The number of anilines is 2. The van der Waals surface area contributed by atoms with Gasteiger partial charge >= 0.3 is 0 Å². The van der Waals surface area contributed by atoms with Crippen LogP contribution in [0.1, 0.15) is 27.4 Å². The lowest BCUT2D eigenvalue weighted by atomic mass is 10.2. The number of benzene rings is 1. The van der Waals surface area contributed by atoms with Crippen LogP contribution in [0, 0.1) is 13.8 Å². The van der Waals surface area contributed by atoms with Crippen LogP contribution in [-0.2, 0) is 11.2 Å². The summed E-state index contributed by atoms with van der Waals surface area (Å²) >= 11 is 1.26. The van der Waals surface area contributed by atoms with Gasteiger partial charge in [0.1, 0.15) is 0 Å². The summed E-state index contributed by atoms with van der Waals surface area (Å²) in [6.45, 7) is 3.70. The molecule has 0 aliphatic heterocycles. The van der Waals surface area contributed by atoms with Crippen LogP contribution in [0.2, 0.25) is 0 Å². The maximum atomic E-state index is 12.1. The summed E-state index contributed by atoms with van der Waals surface area (Å²) in [5, 5.41) is 4.89. The Morgan fingerprint density at radius 2 is 1.74 bits per heavy atom. The van der Waals surface area contributed by atoms with E-state index in [1.165, 1.54) is 11.3 Å². The molecule has 9 heteroatoms. The van der Waals surface area contributed by atoms with Gasteiger partial charge in [0.25, 0.3) is 5.91 Å². The topological polar surface area (TPSA) is 109 Å². The van der Waals surface area contributed by atoms with Gasteiger partial charge in [0.05, 0.1) is 12.1 Å². The third-order valence-corrected chi connectivity index (χ3v) is 4.25. The molecule has 0 spiro atoms. The Balaban J connectivity index is 1.52. The van der Waals surface area contributed by atoms with E-state index < -0.39 is 0 Å². The molecule has 8 nitrogen and oxygen atoms in total. The molecule has 138 valence electrons. The Kier molecular flexibility index (Phi) is 5.72. The number of nitrogens with one attached hydrogen (secondary N) is 3. The van der Waals surface area contributed by atoms with E-state index in [0.29, 0.717) is 22.3 Å². The Labute approximate surface area is 160 Å². The number of hydrogen-bond acceptors (Lipinski definition) is 7. The summed E-state index contributed by atoms with van der Waals surface area (Å²) in [4.78, 5) is 36.8. The molecule has 0 saturated heterocycles. The van der Waals surface area contributed by atoms with Gasteiger partial charge in [-0.3, -0.25) is 25.8 Å². The number of rotatable bonds is 6. The van der Waals surface area contributed by atoms with Crippen molar-refractivity contribution in [2.24, 2.45) is 0 Å². The minimum Gasteiger partial charge on any atom is -0.298 e. The summed E-state index contributed by atoms with van der Waals surface area (Å²) in [5.74, 6) is -0.200.